The fraction of sp³-hybridized carbons (Fsp3) is 0.286. The molecule has 0 aliphatic rings. The standard InChI is InChI=1S/C14H12F3NO4/c1-3-21-13(20)11-7(2)18-10-5-4-8(22-14(15,16)17)6-9(10)12(11)19/h4-6H,3H2,1-2H3,(H,18,19). The number of halogens is 3. The van der Waals surface area contributed by atoms with Gasteiger partial charge in [-0.3, -0.25) is 4.79 Å². The Morgan fingerprint density at radius 2 is 2.00 bits per heavy atom. The number of aryl methyl sites for hydroxylation is 1. The van der Waals surface area contributed by atoms with E-state index in [9.17, 15) is 22.8 Å². The maximum Gasteiger partial charge on any atom is 0.573 e. The molecule has 1 aromatic heterocycles. The molecule has 0 saturated heterocycles. The van der Waals surface area contributed by atoms with Crippen molar-refractivity contribution in [3.8, 4) is 5.75 Å². The predicted octanol–water partition coefficient (Wildman–Crippen LogP) is 2.91. The average Bonchev–Trinajstić information content (AvgIpc) is 2.38. The van der Waals surface area contributed by atoms with Gasteiger partial charge in [-0.05, 0) is 32.0 Å². The minimum atomic E-state index is -4.87. The SMILES string of the molecule is CCOC(=O)c1c(C)[nH]c2ccc(OC(F)(F)F)cc2c1=O. The lowest BCUT2D eigenvalue weighted by Crippen LogP contribution is -2.21. The highest BCUT2D eigenvalue weighted by molar-refractivity contribution is 5.95. The molecule has 2 rings (SSSR count). The second kappa shape index (κ2) is 5.70. The largest absolute Gasteiger partial charge is 0.573 e. The lowest BCUT2D eigenvalue weighted by molar-refractivity contribution is -0.274. The summed E-state index contributed by atoms with van der Waals surface area (Å²) < 4.78 is 45.2. The molecule has 0 atom stereocenters. The third kappa shape index (κ3) is 3.21. The molecule has 1 heterocycles. The number of ether oxygens (including phenoxy) is 2. The number of nitrogens with one attached hydrogen (secondary N) is 1. The Bertz CT molecular complexity index is 780. The molecule has 5 nitrogen and oxygen atoms in total. The third-order valence-electron chi connectivity index (χ3n) is 2.87. The van der Waals surface area contributed by atoms with E-state index in [0.717, 1.165) is 12.1 Å². The molecule has 1 aromatic carbocycles. The van der Waals surface area contributed by atoms with Gasteiger partial charge in [0.05, 0.1) is 12.0 Å². The smallest absolute Gasteiger partial charge is 0.462 e. The molecule has 0 bridgehead atoms. The zero-order valence-electron chi connectivity index (χ0n) is 11.7. The van der Waals surface area contributed by atoms with Crippen molar-refractivity contribution >= 4 is 16.9 Å². The van der Waals surface area contributed by atoms with Crippen molar-refractivity contribution in [2.45, 2.75) is 20.2 Å². The van der Waals surface area contributed by atoms with Crippen LogP contribution >= 0.6 is 0 Å². The first-order chi connectivity index (χ1) is 10.2. The Morgan fingerprint density at radius 3 is 2.59 bits per heavy atom. The summed E-state index contributed by atoms with van der Waals surface area (Å²) in [6.45, 7) is 3.16. The third-order valence-corrected chi connectivity index (χ3v) is 2.87. The molecule has 0 spiro atoms. The summed E-state index contributed by atoms with van der Waals surface area (Å²) >= 11 is 0. The molecule has 0 saturated carbocycles. The van der Waals surface area contributed by atoms with Gasteiger partial charge in [-0.25, -0.2) is 4.79 Å². The van der Waals surface area contributed by atoms with Crippen molar-refractivity contribution in [2.24, 2.45) is 0 Å². The summed E-state index contributed by atoms with van der Waals surface area (Å²) in [5, 5.41) is -0.0876. The van der Waals surface area contributed by atoms with Gasteiger partial charge < -0.3 is 14.5 Å². The van der Waals surface area contributed by atoms with E-state index < -0.39 is 23.5 Å². The molecule has 0 amide bonds. The molecule has 0 unspecified atom stereocenters. The van der Waals surface area contributed by atoms with Crippen LogP contribution in [0.25, 0.3) is 10.9 Å². The van der Waals surface area contributed by atoms with E-state index in [4.69, 9.17) is 4.74 Å². The van der Waals surface area contributed by atoms with E-state index in [2.05, 4.69) is 9.72 Å². The van der Waals surface area contributed by atoms with Gasteiger partial charge in [0.2, 0.25) is 5.43 Å². The van der Waals surface area contributed by atoms with Gasteiger partial charge in [-0.15, -0.1) is 13.2 Å². The predicted molar refractivity (Wildman–Crippen MR) is 71.9 cm³/mol. The van der Waals surface area contributed by atoms with Crippen LogP contribution in [0.4, 0.5) is 13.2 Å². The molecule has 8 heteroatoms. The van der Waals surface area contributed by atoms with Crippen molar-refractivity contribution in [3.05, 3.63) is 39.7 Å². The number of carbonyl (C=O) groups is 1. The van der Waals surface area contributed by atoms with E-state index in [-0.39, 0.29) is 23.3 Å². The number of alkyl halides is 3. The van der Waals surface area contributed by atoms with Gasteiger partial charge in [-0.2, -0.15) is 0 Å². The quantitative estimate of drug-likeness (QED) is 0.884. The van der Waals surface area contributed by atoms with E-state index in [1.807, 2.05) is 0 Å². The number of esters is 1. The number of fused-ring (bicyclic) bond motifs is 1. The average molecular weight is 315 g/mol. The second-order valence-electron chi connectivity index (χ2n) is 4.43. The summed E-state index contributed by atoms with van der Waals surface area (Å²) in [6, 6.07) is 3.29. The van der Waals surface area contributed by atoms with Crippen LogP contribution < -0.4 is 10.2 Å². The molecule has 1 N–H and O–H groups in total. The van der Waals surface area contributed by atoms with E-state index in [0.29, 0.717) is 5.52 Å². The highest BCUT2D eigenvalue weighted by atomic mass is 19.4. The summed E-state index contributed by atoms with van der Waals surface area (Å²) in [5.74, 6) is -1.37. The molecule has 0 radical (unpaired) electrons. The van der Waals surface area contributed by atoms with Crippen LogP contribution in [-0.2, 0) is 4.74 Å². The van der Waals surface area contributed by atoms with Crippen LogP contribution in [0.5, 0.6) is 5.75 Å². The molecule has 2 aromatic rings. The minimum Gasteiger partial charge on any atom is -0.462 e. The maximum absolute atomic E-state index is 12.3. The molecule has 0 aliphatic heterocycles. The van der Waals surface area contributed by atoms with E-state index >= 15 is 0 Å². The molecule has 22 heavy (non-hydrogen) atoms. The zero-order chi connectivity index (χ0) is 16.5. The lowest BCUT2D eigenvalue weighted by Gasteiger charge is -2.11. The summed E-state index contributed by atoms with van der Waals surface area (Å²) in [5.41, 5.74) is -0.374. The monoisotopic (exact) mass is 315 g/mol. The summed E-state index contributed by atoms with van der Waals surface area (Å²) in [7, 11) is 0. The van der Waals surface area contributed by atoms with Crippen molar-refractivity contribution in [2.75, 3.05) is 6.61 Å². The first kappa shape index (κ1) is 15.9. The van der Waals surface area contributed by atoms with Crippen molar-refractivity contribution < 1.29 is 27.4 Å². The van der Waals surface area contributed by atoms with Crippen molar-refractivity contribution in [3.63, 3.8) is 0 Å². The number of carbonyl (C=O) groups excluding carboxylic acids is 1. The highest BCUT2D eigenvalue weighted by Gasteiger charge is 2.31. The molecular weight excluding hydrogens is 303 g/mol. The zero-order valence-corrected chi connectivity index (χ0v) is 11.7. The van der Waals surface area contributed by atoms with E-state index in [1.54, 1.807) is 6.92 Å². The van der Waals surface area contributed by atoms with Crippen LogP contribution in [0.3, 0.4) is 0 Å². The Balaban J connectivity index is 2.61. The number of hydrogen-bond donors (Lipinski definition) is 1. The molecule has 0 aliphatic carbocycles. The first-order valence-electron chi connectivity index (χ1n) is 6.32. The first-order valence-corrected chi connectivity index (χ1v) is 6.32. The van der Waals surface area contributed by atoms with Gasteiger partial charge in [0, 0.05) is 11.2 Å². The van der Waals surface area contributed by atoms with Gasteiger partial charge in [0.25, 0.3) is 0 Å². The van der Waals surface area contributed by atoms with Crippen molar-refractivity contribution in [1.29, 1.82) is 0 Å². The number of H-pyrrole nitrogens is 1. The topological polar surface area (TPSA) is 68.4 Å². The number of aromatic amines is 1. The Morgan fingerprint density at radius 1 is 1.32 bits per heavy atom. The van der Waals surface area contributed by atoms with Crippen LogP contribution in [0.15, 0.2) is 23.0 Å². The maximum atomic E-state index is 12.3. The number of pyridine rings is 1. The van der Waals surface area contributed by atoms with E-state index in [1.165, 1.54) is 13.0 Å². The van der Waals surface area contributed by atoms with Gasteiger partial charge >= 0.3 is 12.3 Å². The van der Waals surface area contributed by atoms with Crippen LogP contribution in [0.1, 0.15) is 23.0 Å². The Hall–Kier alpha value is -2.51. The van der Waals surface area contributed by atoms with Crippen LogP contribution in [0.2, 0.25) is 0 Å². The van der Waals surface area contributed by atoms with Crippen LogP contribution in [-0.4, -0.2) is 23.9 Å². The van der Waals surface area contributed by atoms with Gasteiger partial charge in [-0.1, -0.05) is 0 Å². The van der Waals surface area contributed by atoms with Gasteiger partial charge in [0.15, 0.2) is 0 Å². The number of hydrogen-bond acceptors (Lipinski definition) is 4. The lowest BCUT2D eigenvalue weighted by atomic mass is 10.1. The number of rotatable bonds is 3. The normalized spacial score (nSPS) is 11.5. The van der Waals surface area contributed by atoms with Gasteiger partial charge in [0.1, 0.15) is 11.3 Å². The van der Waals surface area contributed by atoms with Crippen molar-refractivity contribution in [1.82, 2.24) is 4.98 Å². The number of benzene rings is 1. The fourth-order valence-electron chi connectivity index (χ4n) is 2.04. The fourth-order valence-corrected chi connectivity index (χ4v) is 2.04. The Labute approximate surface area is 122 Å². The highest BCUT2D eigenvalue weighted by Crippen LogP contribution is 2.25. The Kier molecular flexibility index (Phi) is 4.11. The van der Waals surface area contributed by atoms with Crippen LogP contribution in [0, 0.1) is 6.92 Å². The second-order valence-corrected chi connectivity index (χ2v) is 4.43. The molecular formula is C14H12F3NO4. The summed E-state index contributed by atoms with van der Waals surface area (Å²) in [4.78, 5) is 26.9. The molecule has 118 valence electrons. The molecule has 0 fully saturated rings. The minimum absolute atomic E-state index is 0.0764. The number of aromatic nitrogens is 1. The summed E-state index contributed by atoms with van der Waals surface area (Å²) in [6.07, 6.45) is -4.87.